The van der Waals surface area contributed by atoms with Crippen LogP contribution in [0.2, 0.25) is 15.1 Å². The van der Waals surface area contributed by atoms with Gasteiger partial charge in [0.15, 0.2) is 5.82 Å². The summed E-state index contributed by atoms with van der Waals surface area (Å²) in [4.78, 5) is 11.7. The normalized spacial score (nSPS) is 13.9. The average molecular weight is 471 g/mol. The summed E-state index contributed by atoms with van der Waals surface area (Å²) in [6.07, 6.45) is 2.80. The van der Waals surface area contributed by atoms with Crippen LogP contribution in [0, 0.1) is 0 Å². The molecule has 7 heteroatoms. The van der Waals surface area contributed by atoms with Gasteiger partial charge in [-0.3, -0.25) is 4.90 Å². The highest BCUT2D eigenvalue weighted by atomic mass is 35.5. The number of hydrogen-bond donors (Lipinski definition) is 0. The van der Waals surface area contributed by atoms with Gasteiger partial charge in [0.1, 0.15) is 11.5 Å². The Bertz CT molecular complexity index is 1240. The van der Waals surface area contributed by atoms with Gasteiger partial charge in [0.2, 0.25) is 0 Å². The molecule has 0 fully saturated rings. The monoisotopic (exact) mass is 469 g/mol. The van der Waals surface area contributed by atoms with E-state index in [4.69, 9.17) is 44.2 Å². The molecule has 4 aromatic rings. The summed E-state index contributed by atoms with van der Waals surface area (Å²) in [6.45, 7) is 2.39. The molecule has 2 aromatic heterocycles. The smallest absolute Gasteiger partial charge is 0.159 e. The fourth-order valence-corrected chi connectivity index (χ4v) is 4.27. The molecule has 0 saturated heterocycles. The summed E-state index contributed by atoms with van der Waals surface area (Å²) in [7, 11) is 0. The Labute approximate surface area is 195 Å². The molecule has 0 aliphatic carbocycles. The van der Waals surface area contributed by atoms with Crippen LogP contribution in [0.3, 0.4) is 0 Å². The maximum absolute atomic E-state index is 6.30. The maximum Gasteiger partial charge on any atom is 0.159 e. The first kappa shape index (κ1) is 20.5. The fourth-order valence-electron chi connectivity index (χ4n) is 3.76. The second-order valence-electron chi connectivity index (χ2n) is 7.52. The minimum atomic E-state index is 0.617. The standard InChI is InChI=1S/C24H18Cl3N3O/c25-17-3-1-15(2-4-17)24-28-12-16-13-30(10-9-22(16)29-24)14-19-6-8-23(31-19)20-11-18(26)5-7-21(20)27/h1-8,11-12H,9-10,13-14H2. The second-order valence-corrected chi connectivity index (χ2v) is 8.80. The van der Waals surface area contributed by atoms with Gasteiger partial charge in [-0.15, -0.1) is 0 Å². The van der Waals surface area contributed by atoms with Gasteiger partial charge in [0.05, 0.1) is 17.3 Å². The quantitative estimate of drug-likeness (QED) is 0.324. The van der Waals surface area contributed by atoms with Crippen molar-refractivity contribution in [2.45, 2.75) is 19.5 Å². The third-order valence-corrected chi connectivity index (χ3v) is 6.17. The van der Waals surface area contributed by atoms with Crippen LogP contribution in [0.5, 0.6) is 0 Å². The molecular formula is C24H18Cl3N3O. The largest absolute Gasteiger partial charge is 0.460 e. The van der Waals surface area contributed by atoms with Gasteiger partial charge >= 0.3 is 0 Å². The Morgan fingerprint density at radius 1 is 0.935 bits per heavy atom. The highest BCUT2D eigenvalue weighted by molar-refractivity contribution is 6.35. The molecule has 1 aliphatic heterocycles. The zero-order valence-corrected chi connectivity index (χ0v) is 18.8. The van der Waals surface area contributed by atoms with Crippen LogP contribution in [-0.4, -0.2) is 21.4 Å². The lowest BCUT2D eigenvalue weighted by Gasteiger charge is -2.27. The summed E-state index contributed by atoms with van der Waals surface area (Å²) in [5.74, 6) is 2.34. The van der Waals surface area contributed by atoms with Gasteiger partial charge in [0.25, 0.3) is 0 Å². The summed E-state index contributed by atoms with van der Waals surface area (Å²) in [5, 5.41) is 1.95. The van der Waals surface area contributed by atoms with E-state index in [0.29, 0.717) is 21.6 Å². The molecule has 0 spiro atoms. The van der Waals surface area contributed by atoms with E-state index in [1.807, 2.05) is 48.7 Å². The van der Waals surface area contributed by atoms with Crippen LogP contribution in [0.1, 0.15) is 17.0 Å². The van der Waals surface area contributed by atoms with Crippen molar-refractivity contribution < 1.29 is 4.42 Å². The molecule has 2 aromatic carbocycles. The van der Waals surface area contributed by atoms with E-state index in [9.17, 15) is 0 Å². The molecule has 4 nitrogen and oxygen atoms in total. The van der Waals surface area contributed by atoms with Crippen molar-refractivity contribution in [2.75, 3.05) is 6.54 Å². The fraction of sp³-hybridized carbons (Fsp3) is 0.167. The first-order valence-electron chi connectivity index (χ1n) is 9.92. The predicted octanol–water partition coefficient (Wildman–Crippen LogP) is 6.92. The van der Waals surface area contributed by atoms with Crippen LogP contribution in [0.15, 0.2) is 65.2 Å². The molecule has 0 saturated carbocycles. The zero-order valence-electron chi connectivity index (χ0n) is 16.5. The minimum Gasteiger partial charge on any atom is -0.460 e. The minimum absolute atomic E-state index is 0.617. The van der Waals surface area contributed by atoms with E-state index in [1.54, 1.807) is 12.1 Å². The summed E-state index contributed by atoms with van der Waals surface area (Å²) >= 11 is 18.4. The average Bonchev–Trinajstić information content (AvgIpc) is 3.24. The third kappa shape index (κ3) is 4.48. The molecule has 3 heterocycles. The molecule has 0 radical (unpaired) electrons. The van der Waals surface area contributed by atoms with Crippen molar-refractivity contribution in [3.8, 4) is 22.7 Å². The Morgan fingerprint density at radius 2 is 1.74 bits per heavy atom. The van der Waals surface area contributed by atoms with Crippen molar-refractivity contribution in [1.29, 1.82) is 0 Å². The molecule has 0 N–H and O–H groups in total. The van der Waals surface area contributed by atoms with Crippen LogP contribution in [0.25, 0.3) is 22.7 Å². The van der Waals surface area contributed by atoms with Crippen molar-refractivity contribution in [1.82, 2.24) is 14.9 Å². The number of aromatic nitrogens is 2. The highest BCUT2D eigenvalue weighted by Crippen LogP contribution is 2.32. The molecule has 0 atom stereocenters. The van der Waals surface area contributed by atoms with E-state index in [-0.39, 0.29) is 0 Å². The number of benzene rings is 2. The number of hydrogen-bond acceptors (Lipinski definition) is 4. The lowest BCUT2D eigenvalue weighted by Crippen LogP contribution is -2.30. The van der Waals surface area contributed by atoms with Gasteiger partial charge in [-0.2, -0.15) is 0 Å². The van der Waals surface area contributed by atoms with Gasteiger partial charge in [0, 0.05) is 52.4 Å². The summed E-state index contributed by atoms with van der Waals surface area (Å²) < 4.78 is 6.06. The van der Waals surface area contributed by atoms with Gasteiger partial charge in [-0.1, -0.05) is 34.8 Å². The number of rotatable bonds is 4. The predicted molar refractivity (Wildman–Crippen MR) is 124 cm³/mol. The second kappa shape index (κ2) is 8.64. The van der Waals surface area contributed by atoms with Gasteiger partial charge < -0.3 is 4.42 Å². The van der Waals surface area contributed by atoms with Crippen molar-refractivity contribution in [3.05, 3.63) is 92.9 Å². The van der Waals surface area contributed by atoms with E-state index in [2.05, 4.69) is 9.88 Å². The van der Waals surface area contributed by atoms with Crippen LogP contribution in [0.4, 0.5) is 0 Å². The third-order valence-electron chi connectivity index (χ3n) is 5.35. The van der Waals surface area contributed by atoms with E-state index in [0.717, 1.165) is 59.2 Å². The lowest BCUT2D eigenvalue weighted by molar-refractivity contribution is 0.224. The molecule has 31 heavy (non-hydrogen) atoms. The maximum atomic E-state index is 6.30. The molecule has 156 valence electrons. The number of halogens is 3. The van der Waals surface area contributed by atoms with Crippen LogP contribution < -0.4 is 0 Å². The Hall–Kier alpha value is -2.37. The molecule has 5 rings (SSSR count). The first-order valence-corrected chi connectivity index (χ1v) is 11.1. The topological polar surface area (TPSA) is 42.2 Å². The number of fused-ring (bicyclic) bond motifs is 1. The number of nitrogens with zero attached hydrogens (tertiary/aromatic N) is 3. The number of furan rings is 1. The van der Waals surface area contributed by atoms with Gasteiger partial charge in [-0.05, 0) is 54.6 Å². The van der Waals surface area contributed by atoms with E-state index in [1.165, 1.54) is 0 Å². The van der Waals surface area contributed by atoms with E-state index >= 15 is 0 Å². The Kier molecular flexibility index (Phi) is 5.72. The summed E-state index contributed by atoms with van der Waals surface area (Å²) in [5.41, 5.74) is 4.01. The molecule has 0 amide bonds. The zero-order chi connectivity index (χ0) is 21.4. The Balaban J connectivity index is 1.30. The molecule has 0 bridgehead atoms. The van der Waals surface area contributed by atoms with Crippen LogP contribution >= 0.6 is 34.8 Å². The van der Waals surface area contributed by atoms with Crippen molar-refractivity contribution in [2.24, 2.45) is 0 Å². The van der Waals surface area contributed by atoms with Crippen molar-refractivity contribution >= 4 is 34.8 Å². The Morgan fingerprint density at radius 3 is 2.58 bits per heavy atom. The molecule has 1 aliphatic rings. The van der Waals surface area contributed by atoms with Crippen LogP contribution in [-0.2, 0) is 19.5 Å². The van der Waals surface area contributed by atoms with Crippen molar-refractivity contribution in [3.63, 3.8) is 0 Å². The van der Waals surface area contributed by atoms with Gasteiger partial charge in [-0.25, -0.2) is 9.97 Å². The summed E-state index contributed by atoms with van der Waals surface area (Å²) in [6, 6.07) is 16.9. The first-order chi connectivity index (χ1) is 15.0. The molecule has 0 unspecified atom stereocenters. The SMILES string of the molecule is Clc1ccc(-c2ncc3c(n2)CCN(Cc2ccc(-c4cc(Cl)ccc4Cl)o2)C3)cc1. The highest BCUT2D eigenvalue weighted by Gasteiger charge is 2.20. The van der Waals surface area contributed by atoms with E-state index < -0.39 is 0 Å². The lowest BCUT2D eigenvalue weighted by atomic mass is 10.1. The molecular weight excluding hydrogens is 453 g/mol.